The lowest BCUT2D eigenvalue weighted by atomic mass is 9.77. The van der Waals surface area contributed by atoms with E-state index in [0.717, 1.165) is 10.9 Å². The van der Waals surface area contributed by atoms with Gasteiger partial charge in [0.05, 0.1) is 0 Å². The molecule has 0 atom stereocenters. The van der Waals surface area contributed by atoms with E-state index in [2.05, 4.69) is 15.9 Å². The minimum absolute atomic E-state index is 0.0145. The molecule has 0 N–H and O–H groups in total. The summed E-state index contributed by atoms with van der Waals surface area (Å²) in [7, 11) is 0. The Hall–Kier alpha value is -0.440. The molecule has 0 saturated heterocycles. The molecule has 3 heteroatoms. The third kappa shape index (κ3) is 1.97. The van der Waals surface area contributed by atoms with Gasteiger partial charge >= 0.3 is 0 Å². The van der Waals surface area contributed by atoms with Gasteiger partial charge in [0.1, 0.15) is 0 Å². The van der Waals surface area contributed by atoms with E-state index < -0.39 is 5.92 Å². The summed E-state index contributed by atoms with van der Waals surface area (Å²) in [5.41, 5.74) is 2.22. The second-order valence-corrected chi connectivity index (χ2v) is 4.40. The zero-order valence-corrected chi connectivity index (χ0v) is 9.23. The molecule has 0 unspecified atom stereocenters. The molecule has 0 bridgehead atoms. The lowest BCUT2D eigenvalue weighted by Crippen LogP contribution is -2.33. The Bertz CT molecular complexity index is 311. The molecule has 14 heavy (non-hydrogen) atoms. The molecular formula is C11H11BrF2. The maximum absolute atomic E-state index is 12.6. The summed E-state index contributed by atoms with van der Waals surface area (Å²) >= 11 is 3.35. The fourth-order valence-electron chi connectivity index (χ4n) is 1.78. The normalized spacial score (nSPS) is 20.5. The highest BCUT2D eigenvalue weighted by atomic mass is 79.9. The van der Waals surface area contributed by atoms with Crippen LogP contribution in [0.5, 0.6) is 0 Å². The van der Waals surface area contributed by atoms with Crippen molar-refractivity contribution < 1.29 is 8.78 Å². The van der Waals surface area contributed by atoms with Crippen LogP contribution in [0.3, 0.4) is 0 Å². The highest BCUT2D eigenvalue weighted by Crippen LogP contribution is 2.48. The Morgan fingerprint density at radius 1 is 1.21 bits per heavy atom. The van der Waals surface area contributed by atoms with Crippen LogP contribution in [0.2, 0.25) is 0 Å². The molecule has 1 fully saturated rings. The van der Waals surface area contributed by atoms with Crippen molar-refractivity contribution in [3.05, 3.63) is 35.4 Å². The molecule has 76 valence electrons. The molecule has 1 aliphatic rings. The van der Waals surface area contributed by atoms with Crippen molar-refractivity contribution in [2.75, 3.05) is 0 Å². The summed E-state index contributed by atoms with van der Waals surface area (Å²) in [4.78, 5) is 0. The lowest BCUT2D eigenvalue weighted by molar-refractivity contribution is -0.0867. The summed E-state index contributed by atoms with van der Waals surface area (Å²) in [5.74, 6) is -2.35. The van der Waals surface area contributed by atoms with Crippen LogP contribution in [-0.2, 0) is 5.33 Å². The molecular weight excluding hydrogens is 250 g/mol. The van der Waals surface area contributed by atoms with Gasteiger partial charge in [0.25, 0.3) is 0 Å². The summed E-state index contributed by atoms with van der Waals surface area (Å²) in [6.07, 6.45) is 0.0291. The van der Waals surface area contributed by atoms with Gasteiger partial charge in [-0.25, -0.2) is 8.78 Å². The van der Waals surface area contributed by atoms with Crippen LogP contribution in [0.4, 0.5) is 8.78 Å². The molecule has 1 aromatic rings. The van der Waals surface area contributed by atoms with Crippen molar-refractivity contribution in [1.82, 2.24) is 0 Å². The maximum atomic E-state index is 12.6. The van der Waals surface area contributed by atoms with Crippen molar-refractivity contribution in [2.24, 2.45) is 0 Å². The Labute approximate surface area is 90.4 Å². The molecule has 2 rings (SSSR count). The van der Waals surface area contributed by atoms with Crippen LogP contribution in [0.1, 0.15) is 29.9 Å². The van der Waals surface area contributed by atoms with E-state index in [-0.39, 0.29) is 18.8 Å². The number of hydrogen-bond donors (Lipinski definition) is 0. The predicted octanol–water partition coefficient (Wildman–Crippen LogP) is 4.09. The fourth-order valence-corrected chi connectivity index (χ4v) is 2.15. The van der Waals surface area contributed by atoms with Crippen molar-refractivity contribution in [3.8, 4) is 0 Å². The van der Waals surface area contributed by atoms with Crippen LogP contribution in [0.15, 0.2) is 24.3 Å². The summed E-state index contributed by atoms with van der Waals surface area (Å²) in [5, 5.41) is 0.814. The first-order valence-electron chi connectivity index (χ1n) is 4.63. The second-order valence-electron chi connectivity index (χ2n) is 3.84. The molecule has 0 spiro atoms. The minimum Gasteiger partial charge on any atom is -0.207 e. The van der Waals surface area contributed by atoms with E-state index in [1.807, 2.05) is 24.3 Å². The number of hydrogen-bond acceptors (Lipinski definition) is 0. The van der Waals surface area contributed by atoms with Gasteiger partial charge in [0.2, 0.25) is 5.92 Å². The molecule has 1 aromatic carbocycles. The predicted molar refractivity (Wildman–Crippen MR) is 56.0 cm³/mol. The molecule has 0 amide bonds. The van der Waals surface area contributed by atoms with Crippen molar-refractivity contribution >= 4 is 15.9 Å². The van der Waals surface area contributed by atoms with E-state index in [1.165, 1.54) is 5.56 Å². The highest BCUT2D eigenvalue weighted by Gasteiger charge is 2.45. The van der Waals surface area contributed by atoms with Crippen molar-refractivity contribution in [2.45, 2.75) is 30.0 Å². The first-order valence-corrected chi connectivity index (χ1v) is 5.75. The quantitative estimate of drug-likeness (QED) is 0.703. The third-order valence-electron chi connectivity index (χ3n) is 2.70. The fraction of sp³-hybridized carbons (Fsp3) is 0.455. The van der Waals surface area contributed by atoms with Crippen LogP contribution in [0, 0.1) is 0 Å². The van der Waals surface area contributed by atoms with Crippen LogP contribution >= 0.6 is 15.9 Å². The number of halogens is 3. The summed E-state index contributed by atoms with van der Waals surface area (Å²) in [6.45, 7) is 0. The van der Waals surface area contributed by atoms with Crippen molar-refractivity contribution in [3.63, 3.8) is 0 Å². The number of alkyl halides is 3. The minimum atomic E-state index is -2.42. The van der Waals surface area contributed by atoms with Crippen LogP contribution in [-0.4, -0.2) is 5.92 Å². The Morgan fingerprint density at radius 2 is 1.79 bits per heavy atom. The Morgan fingerprint density at radius 3 is 2.21 bits per heavy atom. The first kappa shape index (κ1) is 10.1. The van der Waals surface area contributed by atoms with Gasteiger partial charge in [-0.15, -0.1) is 0 Å². The van der Waals surface area contributed by atoms with Crippen LogP contribution < -0.4 is 0 Å². The molecule has 0 nitrogen and oxygen atoms in total. The Kier molecular flexibility index (Phi) is 2.60. The Balaban J connectivity index is 2.05. The number of benzene rings is 1. The summed E-state index contributed by atoms with van der Waals surface area (Å²) < 4.78 is 25.2. The third-order valence-corrected chi connectivity index (χ3v) is 3.34. The van der Waals surface area contributed by atoms with Crippen molar-refractivity contribution in [1.29, 1.82) is 0 Å². The zero-order chi connectivity index (χ0) is 10.2. The van der Waals surface area contributed by atoms with Gasteiger partial charge < -0.3 is 0 Å². The highest BCUT2D eigenvalue weighted by molar-refractivity contribution is 9.08. The van der Waals surface area contributed by atoms with Gasteiger partial charge in [-0.3, -0.25) is 0 Å². The van der Waals surface area contributed by atoms with E-state index in [0.29, 0.717) is 0 Å². The smallest absolute Gasteiger partial charge is 0.207 e. The first-order chi connectivity index (χ1) is 6.61. The molecule has 0 aliphatic heterocycles. The topological polar surface area (TPSA) is 0 Å². The lowest BCUT2D eigenvalue weighted by Gasteiger charge is -2.35. The maximum Gasteiger partial charge on any atom is 0.249 e. The average Bonchev–Trinajstić information content (AvgIpc) is 2.14. The van der Waals surface area contributed by atoms with Gasteiger partial charge in [-0.2, -0.15) is 0 Å². The largest absolute Gasteiger partial charge is 0.249 e. The zero-order valence-electron chi connectivity index (χ0n) is 7.64. The van der Waals surface area contributed by atoms with Gasteiger partial charge in [0, 0.05) is 18.2 Å². The van der Waals surface area contributed by atoms with E-state index in [9.17, 15) is 8.78 Å². The average molecular weight is 261 g/mol. The van der Waals surface area contributed by atoms with E-state index >= 15 is 0 Å². The van der Waals surface area contributed by atoms with Gasteiger partial charge in [-0.05, 0) is 17.0 Å². The molecule has 0 aromatic heterocycles. The van der Waals surface area contributed by atoms with E-state index in [1.54, 1.807) is 0 Å². The molecule has 1 aliphatic carbocycles. The van der Waals surface area contributed by atoms with Gasteiger partial charge in [-0.1, -0.05) is 40.2 Å². The molecule has 0 heterocycles. The molecule has 0 radical (unpaired) electrons. The van der Waals surface area contributed by atoms with Crippen LogP contribution in [0.25, 0.3) is 0 Å². The SMILES string of the molecule is FC1(F)CC(c2ccc(CBr)cc2)C1. The molecule has 1 saturated carbocycles. The summed E-state index contributed by atoms with van der Waals surface area (Å²) in [6, 6.07) is 7.88. The standard InChI is InChI=1S/C11H11BrF2/c12-7-8-1-3-9(4-2-8)10-5-11(13,14)6-10/h1-4,10H,5-7H2. The van der Waals surface area contributed by atoms with E-state index in [4.69, 9.17) is 0 Å². The monoisotopic (exact) mass is 260 g/mol. The van der Waals surface area contributed by atoms with Gasteiger partial charge in [0.15, 0.2) is 0 Å². The number of rotatable bonds is 2. The second kappa shape index (κ2) is 3.61.